The van der Waals surface area contributed by atoms with Gasteiger partial charge in [-0.25, -0.2) is 9.97 Å². The Balaban J connectivity index is 0.000000489. The molecular weight excluding hydrogens is 502 g/mol. The molecule has 0 radical (unpaired) electrons. The molecule has 1 saturated heterocycles. The predicted octanol–water partition coefficient (Wildman–Crippen LogP) is 1.98. The highest BCUT2D eigenvalue weighted by atomic mass is 16.5. The standard InChI is InChI=1S/C18H23N5O3.C7H16N2.2CH2O/c1-5-13-14-15(22-23(13)7-8-25-4)17(24)21-16(20-14)12-9-11(3)10-19-18(12)26-6-2;1-3-9-6-4-8(2)5-7-9;2*1-2/h9-10H,5-8H2,1-4H3,(H,20,21,24);3-7H2,1-2H3;2*1H2. The van der Waals surface area contributed by atoms with Crippen molar-refractivity contribution in [3.8, 4) is 17.3 Å². The van der Waals surface area contributed by atoms with Gasteiger partial charge in [-0.2, -0.15) is 5.10 Å². The zero-order valence-electron chi connectivity index (χ0n) is 24.2. The summed E-state index contributed by atoms with van der Waals surface area (Å²) in [5.74, 6) is 0.883. The SMILES string of the molecule is C=O.C=O.CCN1CCN(C)CC1.CCOc1ncc(C)cc1-c1nc2c(CC)n(CCOC)nc2c(=O)[nH]1. The number of methoxy groups -OCH3 is 1. The number of fused-ring (bicyclic) bond motifs is 1. The number of piperazine rings is 1. The lowest BCUT2D eigenvalue weighted by Gasteiger charge is -2.31. The molecule has 1 aliphatic rings. The maximum Gasteiger partial charge on any atom is 0.279 e. The molecule has 0 unspecified atom stereocenters. The summed E-state index contributed by atoms with van der Waals surface area (Å²) in [4.78, 5) is 45.3. The van der Waals surface area contributed by atoms with Gasteiger partial charge in [0.05, 0.1) is 31.0 Å². The van der Waals surface area contributed by atoms with Gasteiger partial charge in [0, 0.05) is 39.5 Å². The Kier molecular flexibility index (Phi) is 15.4. The molecule has 3 aromatic heterocycles. The molecule has 12 nitrogen and oxygen atoms in total. The van der Waals surface area contributed by atoms with Crippen LogP contribution in [0.5, 0.6) is 5.88 Å². The van der Waals surface area contributed by atoms with E-state index in [0.29, 0.717) is 54.5 Å². The predicted molar refractivity (Wildman–Crippen MR) is 152 cm³/mol. The molecule has 0 bridgehead atoms. The third-order valence-electron chi connectivity index (χ3n) is 6.11. The van der Waals surface area contributed by atoms with Crippen LogP contribution in [-0.2, 0) is 27.3 Å². The van der Waals surface area contributed by atoms with Crippen molar-refractivity contribution in [1.29, 1.82) is 0 Å². The van der Waals surface area contributed by atoms with Crippen molar-refractivity contribution in [2.45, 2.75) is 40.7 Å². The van der Waals surface area contributed by atoms with E-state index in [-0.39, 0.29) is 5.56 Å². The smallest absolute Gasteiger partial charge is 0.279 e. The molecule has 12 heteroatoms. The molecule has 0 amide bonds. The molecule has 1 aliphatic heterocycles. The summed E-state index contributed by atoms with van der Waals surface area (Å²) in [5.41, 5.74) is 3.18. The molecule has 1 fully saturated rings. The molecule has 0 spiro atoms. The summed E-state index contributed by atoms with van der Waals surface area (Å²) in [7, 11) is 3.82. The number of H-pyrrole nitrogens is 1. The third-order valence-corrected chi connectivity index (χ3v) is 6.11. The Morgan fingerprint density at radius 3 is 2.28 bits per heavy atom. The van der Waals surface area contributed by atoms with Crippen LogP contribution in [0.4, 0.5) is 0 Å². The molecule has 1 N–H and O–H groups in total. The fraction of sp³-hybridized carbons (Fsp3) is 0.556. The lowest BCUT2D eigenvalue weighted by atomic mass is 10.2. The van der Waals surface area contributed by atoms with E-state index in [1.807, 2.05) is 40.4 Å². The van der Waals surface area contributed by atoms with Crippen molar-refractivity contribution in [1.82, 2.24) is 34.5 Å². The van der Waals surface area contributed by atoms with Crippen LogP contribution in [0, 0.1) is 6.92 Å². The van der Waals surface area contributed by atoms with E-state index in [4.69, 9.17) is 24.0 Å². The van der Waals surface area contributed by atoms with Gasteiger partial charge in [0.15, 0.2) is 5.52 Å². The van der Waals surface area contributed by atoms with E-state index in [0.717, 1.165) is 11.3 Å². The first-order valence-electron chi connectivity index (χ1n) is 13.0. The van der Waals surface area contributed by atoms with Gasteiger partial charge in [0.25, 0.3) is 5.56 Å². The molecule has 0 saturated carbocycles. The Morgan fingerprint density at radius 1 is 1.05 bits per heavy atom. The van der Waals surface area contributed by atoms with E-state index in [1.165, 1.54) is 32.7 Å². The largest absolute Gasteiger partial charge is 0.477 e. The average Bonchev–Trinajstić information content (AvgIpc) is 3.34. The second-order valence-corrected chi connectivity index (χ2v) is 8.66. The van der Waals surface area contributed by atoms with Crippen LogP contribution in [0.2, 0.25) is 0 Å². The van der Waals surface area contributed by atoms with E-state index < -0.39 is 0 Å². The summed E-state index contributed by atoms with van der Waals surface area (Å²) in [6, 6.07) is 1.91. The fourth-order valence-corrected chi connectivity index (χ4v) is 4.05. The second kappa shape index (κ2) is 17.9. The van der Waals surface area contributed by atoms with Crippen molar-refractivity contribution < 1.29 is 19.1 Å². The zero-order chi connectivity index (χ0) is 29.4. The van der Waals surface area contributed by atoms with E-state index >= 15 is 0 Å². The number of rotatable bonds is 8. The Hall–Kier alpha value is -3.48. The highest BCUT2D eigenvalue weighted by molar-refractivity contribution is 5.79. The minimum absolute atomic E-state index is 0.278. The van der Waals surface area contributed by atoms with Crippen LogP contribution in [0.1, 0.15) is 32.0 Å². The fourth-order valence-electron chi connectivity index (χ4n) is 4.05. The Bertz CT molecular complexity index is 1190. The highest BCUT2D eigenvalue weighted by Gasteiger charge is 2.18. The van der Waals surface area contributed by atoms with E-state index in [1.54, 1.807) is 18.0 Å². The number of aromatic nitrogens is 5. The third kappa shape index (κ3) is 9.34. The number of nitrogens with one attached hydrogen (secondary N) is 1. The van der Waals surface area contributed by atoms with Crippen molar-refractivity contribution in [2.24, 2.45) is 0 Å². The van der Waals surface area contributed by atoms with Crippen molar-refractivity contribution in [2.75, 3.05) is 60.1 Å². The number of nitrogens with zero attached hydrogens (tertiary/aromatic N) is 6. The van der Waals surface area contributed by atoms with E-state index in [9.17, 15) is 4.79 Å². The first-order chi connectivity index (χ1) is 18.9. The van der Waals surface area contributed by atoms with Gasteiger partial charge in [0.1, 0.15) is 24.9 Å². The maximum absolute atomic E-state index is 12.6. The molecule has 39 heavy (non-hydrogen) atoms. The normalized spacial score (nSPS) is 13.4. The molecule has 4 heterocycles. The number of hydrogen-bond donors (Lipinski definition) is 1. The highest BCUT2D eigenvalue weighted by Crippen LogP contribution is 2.27. The second-order valence-electron chi connectivity index (χ2n) is 8.66. The quantitative estimate of drug-likeness (QED) is 0.447. The van der Waals surface area contributed by atoms with Crippen LogP contribution in [0.3, 0.4) is 0 Å². The van der Waals surface area contributed by atoms with Crippen molar-refractivity contribution >= 4 is 24.6 Å². The van der Waals surface area contributed by atoms with Crippen LogP contribution < -0.4 is 10.3 Å². The zero-order valence-corrected chi connectivity index (χ0v) is 24.2. The van der Waals surface area contributed by atoms with Crippen molar-refractivity contribution in [3.63, 3.8) is 0 Å². The van der Waals surface area contributed by atoms with Crippen LogP contribution in [0.25, 0.3) is 22.4 Å². The van der Waals surface area contributed by atoms with Gasteiger partial charge < -0.3 is 33.8 Å². The number of ether oxygens (including phenoxy) is 2. The van der Waals surface area contributed by atoms with Crippen LogP contribution in [0.15, 0.2) is 17.1 Å². The maximum atomic E-state index is 12.6. The monoisotopic (exact) mass is 545 g/mol. The summed E-state index contributed by atoms with van der Waals surface area (Å²) in [6.07, 6.45) is 2.44. The van der Waals surface area contributed by atoms with Gasteiger partial charge >= 0.3 is 0 Å². The van der Waals surface area contributed by atoms with E-state index in [2.05, 4.69) is 38.8 Å². The number of hydrogen-bond acceptors (Lipinski definition) is 10. The number of carbonyl (C=O) groups is 2. The summed E-state index contributed by atoms with van der Waals surface area (Å²) in [5, 5.41) is 4.42. The first kappa shape index (κ1) is 33.5. The summed E-state index contributed by atoms with van der Waals surface area (Å²) in [6.45, 7) is 19.8. The number of carbonyl (C=O) groups excluding carboxylic acids is 2. The molecule has 0 aliphatic carbocycles. The van der Waals surface area contributed by atoms with Gasteiger partial charge in [-0.1, -0.05) is 13.8 Å². The number of likely N-dealkylation sites (N-methyl/N-ethyl adjacent to an activating group) is 2. The molecule has 0 atom stereocenters. The molecule has 0 aromatic carbocycles. The average molecular weight is 546 g/mol. The minimum atomic E-state index is -0.278. The lowest BCUT2D eigenvalue weighted by Crippen LogP contribution is -2.44. The number of aromatic amines is 1. The van der Waals surface area contributed by atoms with Crippen molar-refractivity contribution in [3.05, 3.63) is 33.9 Å². The minimum Gasteiger partial charge on any atom is -0.477 e. The summed E-state index contributed by atoms with van der Waals surface area (Å²) < 4.78 is 12.5. The Labute approximate surface area is 230 Å². The topological polar surface area (TPSA) is 136 Å². The molecule has 3 aromatic rings. The van der Waals surface area contributed by atoms with Gasteiger partial charge in [-0.05, 0) is 45.5 Å². The van der Waals surface area contributed by atoms with Gasteiger partial charge in [-0.15, -0.1) is 0 Å². The Morgan fingerprint density at radius 2 is 1.72 bits per heavy atom. The van der Waals surface area contributed by atoms with Gasteiger partial charge in [-0.3, -0.25) is 9.48 Å². The molecular formula is C27H43N7O5. The van der Waals surface area contributed by atoms with Crippen LogP contribution in [-0.4, -0.2) is 108 Å². The van der Waals surface area contributed by atoms with Gasteiger partial charge in [0.2, 0.25) is 5.88 Å². The molecule has 216 valence electrons. The number of pyridine rings is 1. The molecule has 4 rings (SSSR count). The lowest BCUT2D eigenvalue weighted by molar-refractivity contribution is -0.0987. The first-order valence-corrected chi connectivity index (χ1v) is 13.0. The van der Waals surface area contributed by atoms with Crippen LogP contribution >= 0.6 is 0 Å². The summed E-state index contributed by atoms with van der Waals surface area (Å²) >= 11 is 0. The number of aryl methyl sites for hydroxylation is 2.